The van der Waals surface area contributed by atoms with Gasteiger partial charge in [0, 0.05) is 5.71 Å². The highest BCUT2D eigenvalue weighted by atomic mass is 16.6. The van der Waals surface area contributed by atoms with Crippen LogP contribution in [0.3, 0.4) is 0 Å². The highest BCUT2D eigenvalue weighted by Crippen LogP contribution is 2.00. The van der Waals surface area contributed by atoms with E-state index in [0.29, 0.717) is 0 Å². The van der Waals surface area contributed by atoms with E-state index in [9.17, 15) is 9.59 Å². The molecule has 0 aliphatic heterocycles. The Labute approximate surface area is 89.3 Å². The summed E-state index contributed by atoms with van der Waals surface area (Å²) in [6.45, 7) is 6.38. The third kappa shape index (κ3) is 6.65. The van der Waals surface area contributed by atoms with E-state index < -0.39 is 18.0 Å². The number of ether oxygens (including phenoxy) is 2. The third-order valence-electron chi connectivity index (χ3n) is 1.40. The van der Waals surface area contributed by atoms with Gasteiger partial charge in [-0.15, -0.1) is 0 Å². The molecule has 86 valence electrons. The molecule has 0 amide bonds. The molecule has 0 saturated carbocycles. The fourth-order valence-electron chi connectivity index (χ4n) is 0.832. The third-order valence-corrected chi connectivity index (χ3v) is 1.40. The van der Waals surface area contributed by atoms with Crippen molar-refractivity contribution < 1.29 is 19.1 Å². The summed E-state index contributed by atoms with van der Waals surface area (Å²) in [4.78, 5) is 22.3. The fraction of sp³-hybridized carbons (Fsp3) is 0.700. The second kappa shape index (κ2) is 6.16. The van der Waals surface area contributed by atoms with Gasteiger partial charge in [0.1, 0.15) is 0 Å². The van der Waals surface area contributed by atoms with E-state index in [1.807, 2.05) is 0 Å². The molecule has 15 heavy (non-hydrogen) atoms. The van der Waals surface area contributed by atoms with Gasteiger partial charge in [0.05, 0.1) is 12.5 Å². The standard InChI is InChI=1S/C10H17NO4/c1-6(2)14-10(13)8(4)15-9(12)5-7(3)11/h6,8,11H,5H2,1-4H3/t8-/m0/s1. The SMILES string of the molecule is CC(=N)CC(=O)O[C@@H](C)C(=O)OC(C)C. The molecule has 5 nitrogen and oxygen atoms in total. The summed E-state index contributed by atoms with van der Waals surface area (Å²) >= 11 is 0. The number of esters is 2. The minimum absolute atomic E-state index is 0.0979. The molecule has 1 N–H and O–H groups in total. The van der Waals surface area contributed by atoms with E-state index in [0.717, 1.165) is 0 Å². The Balaban J connectivity index is 4.01. The molecule has 0 fully saturated rings. The van der Waals surface area contributed by atoms with Crippen LogP contribution >= 0.6 is 0 Å². The first-order valence-electron chi connectivity index (χ1n) is 4.77. The van der Waals surface area contributed by atoms with E-state index in [1.54, 1.807) is 13.8 Å². The first kappa shape index (κ1) is 13.6. The normalized spacial score (nSPS) is 12.1. The Bertz CT molecular complexity index is 260. The van der Waals surface area contributed by atoms with Crippen molar-refractivity contribution in [2.24, 2.45) is 0 Å². The quantitative estimate of drug-likeness (QED) is 0.554. The zero-order valence-electron chi connectivity index (χ0n) is 9.49. The van der Waals surface area contributed by atoms with Gasteiger partial charge in [-0.05, 0) is 27.7 Å². The molecule has 5 heteroatoms. The molecule has 0 bridgehead atoms. The van der Waals surface area contributed by atoms with Crippen molar-refractivity contribution in [1.29, 1.82) is 5.41 Å². The lowest BCUT2D eigenvalue weighted by atomic mass is 10.3. The molecular formula is C10H17NO4. The summed E-state index contributed by atoms with van der Waals surface area (Å²) < 4.78 is 9.62. The molecule has 0 aliphatic rings. The van der Waals surface area contributed by atoms with Gasteiger partial charge in [-0.2, -0.15) is 0 Å². The van der Waals surface area contributed by atoms with Crippen LogP contribution in [0.5, 0.6) is 0 Å². The monoisotopic (exact) mass is 215 g/mol. The lowest BCUT2D eigenvalue weighted by molar-refractivity contribution is -0.168. The second-order valence-corrected chi connectivity index (χ2v) is 3.57. The van der Waals surface area contributed by atoms with Gasteiger partial charge in [0.2, 0.25) is 0 Å². The van der Waals surface area contributed by atoms with Gasteiger partial charge in [-0.25, -0.2) is 4.79 Å². The summed E-state index contributed by atoms with van der Waals surface area (Å²) in [5, 5.41) is 7.07. The molecule has 0 radical (unpaired) electrons. The van der Waals surface area contributed by atoms with Crippen LogP contribution in [0.1, 0.15) is 34.1 Å². The summed E-state index contributed by atoms with van der Waals surface area (Å²) in [5.41, 5.74) is 0.199. The fourth-order valence-corrected chi connectivity index (χ4v) is 0.832. The molecule has 0 aromatic carbocycles. The number of carbonyl (C=O) groups is 2. The molecule has 0 aliphatic carbocycles. The second-order valence-electron chi connectivity index (χ2n) is 3.57. The van der Waals surface area contributed by atoms with E-state index in [-0.39, 0.29) is 18.2 Å². The number of hydrogen-bond acceptors (Lipinski definition) is 5. The zero-order chi connectivity index (χ0) is 12.0. The molecule has 0 aromatic rings. The molecule has 0 saturated heterocycles. The van der Waals surface area contributed by atoms with Gasteiger partial charge in [0.15, 0.2) is 6.10 Å². The Morgan fingerprint density at radius 2 is 1.73 bits per heavy atom. The average Bonchev–Trinajstić information content (AvgIpc) is 2.00. The lowest BCUT2D eigenvalue weighted by Crippen LogP contribution is -2.28. The highest BCUT2D eigenvalue weighted by Gasteiger charge is 2.20. The van der Waals surface area contributed by atoms with Crippen molar-refractivity contribution in [2.45, 2.75) is 46.3 Å². The van der Waals surface area contributed by atoms with Gasteiger partial charge in [-0.1, -0.05) is 0 Å². The van der Waals surface area contributed by atoms with E-state index in [1.165, 1.54) is 13.8 Å². The Kier molecular flexibility index (Phi) is 5.59. The van der Waals surface area contributed by atoms with Crippen molar-refractivity contribution in [1.82, 2.24) is 0 Å². The maximum Gasteiger partial charge on any atom is 0.347 e. The lowest BCUT2D eigenvalue weighted by Gasteiger charge is -2.14. The van der Waals surface area contributed by atoms with Crippen molar-refractivity contribution in [2.75, 3.05) is 0 Å². The minimum atomic E-state index is -0.917. The number of rotatable bonds is 5. The Hall–Kier alpha value is -1.39. The molecule has 0 spiro atoms. The summed E-state index contributed by atoms with van der Waals surface area (Å²) in [5.74, 6) is -1.16. The maximum atomic E-state index is 11.2. The maximum absolute atomic E-state index is 11.2. The van der Waals surface area contributed by atoms with Gasteiger partial charge in [0.25, 0.3) is 0 Å². The first-order valence-corrected chi connectivity index (χ1v) is 4.77. The van der Waals surface area contributed by atoms with Crippen LogP contribution < -0.4 is 0 Å². The zero-order valence-corrected chi connectivity index (χ0v) is 9.49. The minimum Gasteiger partial charge on any atom is -0.460 e. The van der Waals surface area contributed by atoms with Gasteiger partial charge < -0.3 is 14.9 Å². The molecule has 0 heterocycles. The van der Waals surface area contributed by atoms with Crippen LogP contribution in [0.25, 0.3) is 0 Å². The van der Waals surface area contributed by atoms with Crippen LogP contribution in [0.15, 0.2) is 0 Å². The molecule has 1 atom stereocenters. The van der Waals surface area contributed by atoms with Gasteiger partial charge in [-0.3, -0.25) is 4.79 Å². The number of nitrogens with one attached hydrogen (secondary N) is 1. The predicted octanol–water partition coefficient (Wildman–Crippen LogP) is 1.30. The topological polar surface area (TPSA) is 76.5 Å². The van der Waals surface area contributed by atoms with Crippen molar-refractivity contribution >= 4 is 17.7 Å². The molecule has 0 aromatic heterocycles. The molecule has 0 rings (SSSR count). The van der Waals surface area contributed by atoms with E-state index in [4.69, 9.17) is 14.9 Å². The molecule has 0 unspecified atom stereocenters. The van der Waals surface area contributed by atoms with Crippen molar-refractivity contribution in [3.8, 4) is 0 Å². The summed E-state index contributed by atoms with van der Waals surface area (Å²) in [7, 11) is 0. The summed E-state index contributed by atoms with van der Waals surface area (Å²) in [6.07, 6.45) is -1.25. The average molecular weight is 215 g/mol. The largest absolute Gasteiger partial charge is 0.460 e. The smallest absolute Gasteiger partial charge is 0.347 e. The van der Waals surface area contributed by atoms with Crippen LogP contribution in [0.2, 0.25) is 0 Å². The van der Waals surface area contributed by atoms with E-state index >= 15 is 0 Å². The number of hydrogen-bond donors (Lipinski definition) is 1. The number of carbonyl (C=O) groups excluding carboxylic acids is 2. The Morgan fingerprint density at radius 3 is 2.13 bits per heavy atom. The van der Waals surface area contributed by atoms with Crippen LogP contribution in [-0.4, -0.2) is 29.9 Å². The van der Waals surface area contributed by atoms with E-state index in [2.05, 4.69) is 0 Å². The van der Waals surface area contributed by atoms with Crippen molar-refractivity contribution in [3.63, 3.8) is 0 Å². The highest BCUT2D eigenvalue weighted by molar-refractivity contribution is 5.96. The van der Waals surface area contributed by atoms with Crippen LogP contribution in [0.4, 0.5) is 0 Å². The first-order chi connectivity index (χ1) is 6.82. The van der Waals surface area contributed by atoms with Gasteiger partial charge >= 0.3 is 11.9 Å². The van der Waals surface area contributed by atoms with Crippen LogP contribution in [-0.2, 0) is 19.1 Å². The van der Waals surface area contributed by atoms with Crippen molar-refractivity contribution in [3.05, 3.63) is 0 Å². The van der Waals surface area contributed by atoms with Crippen LogP contribution in [0, 0.1) is 5.41 Å². The summed E-state index contributed by atoms with van der Waals surface area (Å²) in [6, 6.07) is 0. The Morgan fingerprint density at radius 1 is 1.20 bits per heavy atom. The predicted molar refractivity (Wildman–Crippen MR) is 54.8 cm³/mol. The molecular weight excluding hydrogens is 198 g/mol.